The Morgan fingerprint density at radius 3 is 3.04 bits per heavy atom. The van der Waals surface area contributed by atoms with Crippen molar-refractivity contribution in [2.75, 3.05) is 6.54 Å². The van der Waals surface area contributed by atoms with E-state index >= 15 is 0 Å². The maximum absolute atomic E-state index is 12.3. The minimum Gasteiger partial charge on any atom is -0.477 e. The molecule has 3 aromatic rings. The fourth-order valence-electron chi connectivity index (χ4n) is 3.28. The molecule has 0 aliphatic carbocycles. The summed E-state index contributed by atoms with van der Waals surface area (Å²) in [6, 6.07) is 6.90. The average Bonchev–Trinajstić information content (AvgIpc) is 2.64. The SMILES string of the molecule is O=C(O)c1cc(CN2CCc3cncnc3C2)c2ccccn2c1=O. The van der Waals surface area contributed by atoms with Crippen molar-refractivity contribution >= 4 is 11.5 Å². The molecule has 0 saturated heterocycles. The first-order chi connectivity index (χ1) is 12.1. The highest BCUT2D eigenvalue weighted by Gasteiger charge is 2.20. The molecule has 1 N–H and O–H groups in total. The van der Waals surface area contributed by atoms with Gasteiger partial charge in [-0.05, 0) is 35.7 Å². The number of hydrogen-bond acceptors (Lipinski definition) is 5. The number of carboxylic acid groups (broad SMARTS) is 1. The fourth-order valence-corrected chi connectivity index (χ4v) is 3.28. The normalized spacial score (nSPS) is 14.4. The van der Waals surface area contributed by atoms with E-state index in [2.05, 4.69) is 14.9 Å². The summed E-state index contributed by atoms with van der Waals surface area (Å²) in [5.74, 6) is -1.21. The van der Waals surface area contributed by atoms with Gasteiger partial charge in [0.1, 0.15) is 11.9 Å². The first kappa shape index (κ1) is 15.5. The first-order valence-electron chi connectivity index (χ1n) is 8.00. The Morgan fingerprint density at radius 1 is 1.32 bits per heavy atom. The average molecular weight is 336 g/mol. The lowest BCUT2D eigenvalue weighted by molar-refractivity contribution is 0.0694. The molecule has 0 radical (unpaired) electrons. The second-order valence-electron chi connectivity index (χ2n) is 6.10. The van der Waals surface area contributed by atoms with Crippen LogP contribution in [0, 0.1) is 0 Å². The number of rotatable bonds is 3. The number of carbonyl (C=O) groups is 1. The number of nitrogens with zero attached hydrogens (tertiary/aromatic N) is 4. The smallest absolute Gasteiger partial charge is 0.341 e. The Morgan fingerprint density at radius 2 is 2.20 bits per heavy atom. The molecule has 0 spiro atoms. The highest BCUT2D eigenvalue weighted by atomic mass is 16.4. The highest BCUT2D eigenvalue weighted by molar-refractivity contribution is 5.88. The standard InChI is InChI=1S/C18H16N4O3/c23-17-14(18(24)25)7-13(16-3-1-2-5-22(16)17)9-21-6-4-12-8-19-11-20-15(12)10-21/h1-3,5,7-8,11H,4,6,9-10H2,(H,24,25). The lowest BCUT2D eigenvalue weighted by Gasteiger charge is -2.28. The third-order valence-corrected chi connectivity index (χ3v) is 4.53. The van der Waals surface area contributed by atoms with E-state index in [1.807, 2.05) is 18.3 Å². The zero-order valence-corrected chi connectivity index (χ0v) is 13.4. The minimum atomic E-state index is -1.21. The van der Waals surface area contributed by atoms with E-state index in [0.717, 1.165) is 35.3 Å². The van der Waals surface area contributed by atoms with Gasteiger partial charge in [0.25, 0.3) is 5.56 Å². The van der Waals surface area contributed by atoms with Crippen LogP contribution in [0.25, 0.3) is 5.52 Å². The minimum absolute atomic E-state index is 0.210. The number of aromatic nitrogens is 3. The van der Waals surface area contributed by atoms with Crippen LogP contribution in [0.1, 0.15) is 27.2 Å². The summed E-state index contributed by atoms with van der Waals surface area (Å²) in [6.07, 6.45) is 5.85. The molecule has 4 rings (SSSR count). The van der Waals surface area contributed by atoms with Gasteiger partial charge in [-0.15, -0.1) is 0 Å². The van der Waals surface area contributed by atoms with Crippen LogP contribution in [0.4, 0.5) is 0 Å². The topological polar surface area (TPSA) is 87.8 Å². The van der Waals surface area contributed by atoms with Gasteiger partial charge in [-0.3, -0.25) is 14.1 Å². The molecule has 1 aliphatic heterocycles. The molecule has 1 aliphatic rings. The quantitative estimate of drug-likeness (QED) is 0.777. The van der Waals surface area contributed by atoms with Crippen molar-refractivity contribution in [3.63, 3.8) is 0 Å². The second kappa shape index (κ2) is 6.10. The van der Waals surface area contributed by atoms with Crippen LogP contribution >= 0.6 is 0 Å². The molecule has 0 amide bonds. The van der Waals surface area contributed by atoms with Gasteiger partial charge in [-0.1, -0.05) is 6.07 Å². The van der Waals surface area contributed by atoms with Crippen molar-refractivity contribution < 1.29 is 9.90 Å². The zero-order chi connectivity index (χ0) is 17.4. The molecule has 3 aromatic heterocycles. The van der Waals surface area contributed by atoms with E-state index < -0.39 is 11.5 Å². The van der Waals surface area contributed by atoms with E-state index in [1.165, 1.54) is 10.5 Å². The highest BCUT2D eigenvalue weighted by Crippen LogP contribution is 2.20. The van der Waals surface area contributed by atoms with Crippen LogP contribution in [0.5, 0.6) is 0 Å². The molecule has 7 heteroatoms. The second-order valence-corrected chi connectivity index (χ2v) is 6.10. The van der Waals surface area contributed by atoms with Crippen LogP contribution < -0.4 is 5.56 Å². The third-order valence-electron chi connectivity index (χ3n) is 4.53. The van der Waals surface area contributed by atoms with E-state index in [1.54, 1.807) is 18.6 Å². The summed E-state index contributed by atoms with van der Waals surface area (Å²) in [6.45, 7) is 2.07. The third kappa shape index (κ3) is 2.78. The number of carboxylic acids is 1. The van der Waals surface area contributed by atoms with Gasteiger partial charge in [0.15, 0.2) is 0 Å². The fraction of sp³-hybridized carbons (Fsp3) is 0.222. The van der Waals surface area contributed by atoms with Crippen LogP contribution in [0.2, 0.25) is 0 Å². The number of pyridine rings is 2. The molecule has 0 aromatic carbocycles. The van der Waals surface area contributed by atoms with Crippen molar-refractivity contribution in [2.45, 2.75) is 19.5 Å². The Hall–Kier alpha value is -3.06. The van der Waals surface area contributed by atoms with Crippen LogP contribution in [0.15, 0.2) is 47.8 Å². The number of fused-ring (bicyclic) bond motifs is 2. The van der Waals surface area contributed by atoms with Crippen LogP contribution in [0.3, 0.4) is 0 Å². The summed E-state index contributed by atoms with van der Waals surface area (Å²) in [5, 5.41) is 9.34. The number of hydrogen-bond donors (Lipinski definition) is 1. The van der Waals surface area contributed by atoms with Crippen LogP contribution in [-0.4, -0.2) is 36.9 Å². The van der Waals surface area contributed by atoms with Gasteiger partial charge in [0.2, 0.25) is 0 Å². The summed E-state index contributed by atoms with van der Waals surface area (Å²) in [7, 11) is 0. The van der Waals surface area contributed by atoms with Crippen molar-refractivity contribution in [1.29, 1.82) is 0 Å². The largest absolute Gasteiger partial charge is 0.477 e. The van der Waals surface area contributed by atoms with Crippen LogP contribution in [-0.2, 0) is 19.5 Å². The Labute approximate surface area is 143 Å². The molecule has 0 saturated carbocycles. The monoisotopic (exact) mass is 336 g/mol. The number of aromatic carboxylic acids is 1. The predicted octanol–water partition coefficient (Wildman–Crippen LogP) is 1.35. The molecule has 4 heterocycles. The lowest BCUT2D eigenvalue weighted by atomic mass is 10.1. The van der Waals surface area contributed by atoms with Crippen molar-refractivity contribution in [3.8, 4) is 0 Å². The zero-order valence-electron chi connectivity index (χ0n) is 13.4. The molecule has 7 nitrogen and oxygen atoms in total. The Bertz CT molecular complexity index is 1030. The van der Waals surface area contributed by atoms with Crippen molar-refractivity contribution in [1.82, 2.24) is 19.3 Å². The summed E-state index contributed by atoms with van der Waals surface area (Å²) >= 11 is 0. The van der Waals surface area contributed by atoms with Crippen molar-refractivity contribution in [2.24, 2.45) is 0 Å². The molecule has 25 heavy (non-hydrogen) atoms. The first-order valence-corrected chi connectivity index (χ1v) is 8.00. The Kier molecular flexibility index (Phi) is 3.77. The van der Waals surface area contributed by atoms with Gasteiger partial charge in [-0.25, -0.2) is 14.8 Å². The molecule has 0 atom stereocenters. The summed E-state index contributed by atoms with van der Waals surface area (Å²) in [5.41, 5.74) is 2.97. The lowest BCUT2D eigenvalue weighted by Crippen LogP contribution is -2.32. The van der Waals surface area contributed by atoms with Gasteiger partial charge in [0.05, 0.1) is 11.2 Å². The van der Waals surface area contributed by atoms with Gasteiger partial charge >= 0.3 is 5.97 Å². The Balaban J connectivity index is 1.74. The van der Waals surface area contributed by atoms with Crippen molar-refractivity contribution in [3.05, 3.63) is 75.7 Å². The van der Waals surface area contributed by atoms with E-state index in [4.69, 9.17) is 0 Å². The molecule has 0 fully saturated rings. The van der Waals surface area contributed by atoms with E-state index in [-0.39, 0.29) is 5.56 Å². The summed E-state index contributed by atoms with van der Waals surface area (Å²) < 4.78 is 1.40. The molecule has 0 unspecified atom stereocenters. The molecule has 0 bridgehead atoms. The maximum atomic E-state index is 12.3. The van der Waals surface area contributed by atoms with E-state index in [0.29, 0.717) is 13.1 Å². The maximum Gasteiger partial charge on any atom is 0.341 e. The molecular weight excluding hydrogens is 320 g/mol. The predicted molar refractivity (Wildman–Crippen MR) is 90.5 cm³/mol. The van der Waals surface area contributed by atoms with Gasteiger partial charge in [0, 0.05) is 32.0 Å². The van der Waals surface area contributed by atoms with Gasteiger partial charge < -0.3 is 5.11 Å². The summed E-state index contributed by atoms with van der Waals surface area (Å²) in [4.78, 5) is 34.3. The van der Waals surface area contributed by atoms with E-state index in [9.17, 15) is 14.7 Å². The van der Waals surface area contributed by atoms with Gasteiger partial charge in [-0.2, -0.15) is 0 Å². The molecular formula is C18H16N4O3. The molecule has 126 valence electrons.